The Bertz CT molecular complexity index is 271. The second kappa shape index (κ2) is 8.98. The highest BCUT2D eigenvalue weighted by atomic mass is 16.5. The first kappa shape index (κ1) is 12.8. The van der Waals surface area contributed by atoms with Crippen molar-refractivity contribution in [2.45, 2.75) is 19.3 Å². The predicted octanol–water partition coefficient (Wildman–Crippen LogP) is 2.76. The highest BCUT2D eigenvalue weighted by Gasteiger charge is 1.92. The molecule has 0 saturated heterocycles. The number of hydrogen-bond acceptors (Lipinski definition) is 2. The first-order valence-electron chi connectivity index (χ1n) is 5.90. The molecule has 0 atom stereocenters. The molecule has 0 aromatic heterocycles. The van der Waals surface area contributed by atoms with Crippen LogP contribution in [0.1, 0.15) is 18.4 Å². The van der Waals surface area contributed by atoms with E-state index in [1.807, 2.05) is 0 Å². The molecule has 0 aliphatic heterocycles. The van der Waals surface area contributed by atoms with Crippen molar-refractivity contribution in [3.63, 3.8) is 0 Å². The lowest BCUT2D eigenvalue weighted by molar-refractivity contribution is 0.244. The second-order valence-electron chi connectivity index (χ2n) is 3.73. The topological polar surface area (TPSA) is 21.3 Å². The van der Waals surface area contributed by atoms with Gasteiger partial charge in [-0.15, -0.1) is 0 Å². The molecule has 0 heterocycles. The van der Waals surface area contributed by atoms with Crippen molar-refractivity contribution in [1.82, 2.24) is 5.32 Å². The summed E-state index contributed by atoms with van der Waals surface area (Å²) in [5.74, 6) is 0. The van der Waals surface area contributed by atoms with Crippen LogP contribution in [0.15, 0.2) is 43.2 Å². The number of nitrogens with one attached hydrogen (secondary N) is 1. The van der Waals surface area contributed by atoms with Crippen LogP contribution in [0, 0.1) is 0 Å². The quantitative estimate of drug-likeness (QED) is 0.509. The third-order valence-electron chi connectivity index (χ3n) is 2.40. The van der Waals surface area contributed by atoms with Crippen molar-refractivity contribution >= 4 is 0 Å². The van der Waals surface area contributed by atoms with Gasteiger partial charge in [-0.1, -0.05) is 36.9 Å². The van der Waals surface area contributed by atoms with Crippen LogP contribution in [0.2, 0.25) is 0 Å². The molecular weight excluding hydrogens is 198 g/mol. The van der Waals surface area contributed by atoms with Crippen LogP contribution < -0.4 is 5.32 Å². The Balaban J connectivity index is 1.90. The van der Waals surface area contributed by atoms with E-state index in [1.54, 1.807) is 0 Å². The zero-order valence-corrected chi connectivity index (χ0v) is 9.82. The summed E-state index contributed by atoms with van der Waals surface area (Å²) in [5.41, 5.74) is 1.42. The summed E-state index contributed by atoms with van der Waals surface area (Å²) in [6.45, 7) is 6.35. The molecule has 16 heavy (non-hydrogen) atoms. The fraction of sp³-hybridized carbons (Fsp3) is 0.429. The van der Waals surface area contributed by atoms with Crippen LogP contribution in [-0.2, 0) is 11.2 Å². The number of rotatable bonds is 9. The molecule has 88 valence electrons. The van der Waals surface area contributed by atoms with E-state index in [-0.39, 0.29) is 0 Å². The minimum Gasteiger partial charge on any atom is -0.502 e. The van der Waals surface area contributed by atoms with Gasteiger partial charge >= 0.3 is 0 Å². The van der Waals surface area contributed by atoms with Gasteiger partial charge in [-0.25, -0.2) is 0 Å². The number of ether oxygens (including phenoxy) is 1. The molecule has 1 rings (SSSR count). The van der Waals surface area contributed by atoms with Crippen LogP contribution in [-0.4, -0.2) is 19.7 Å². The van der Waals surface area contributed by atoms with Crippen molar-refractivity contribution in [1.29, 1.82) is 0 Å². The van der Waals surface area contributed by atoms with Gasteiger partial charge in [-0.05, 0) is 37.9 Å². The Labute approximate surface area is 98.3 Å². The van der Waals surface area contributed by atoms with Gasteiger partial charge in [0.05, 0.1) is 12.9 Å². The Hall–Kier alpha value is -1.28. The summed E-state index contributed by atoms with van der Waals surface area (Å²) < 4.78 is 5.03. The third kappa shape index (κ3) is 6.25. The molecule has 1 N–H and O–H groups in total. The van der Waals surface area contributed by atoms with E-state index in [4.69, 9.17) is 4.74 Å². The molecule has 0 amide bonds. The summed E-state index contributed by atoms with van der Waals surface area (Å²) in [7, 11) is 0. The van der Waals surface area contributed by atoms with Gasteiger partial charge in [-0.3, -0.25) is 0 Å². The van der Waals surface area contributed by atoms with Crippen molar-refractivity contribution in [2.75, 3.05) is 19.7 Å². The van der Waals surface area contributed by atoms with Gasteiger partial charge in [0.2, 0.25) is 0 Å². The average Bonchev–Trinajstić information content (AvgIpc) is 2.34. The highest BCUT2D eigenvalue weighted by Crippen LogP contribution is 2.01. The molecular formula is C14H21NO. The second-order valence-corrected chi connectivity index (χ2v) is 3.73. The maximum Gasteiger partial charge on any atom is 0.0885 e. The van der Waals surface area contributed by atoms with Crippen LogP contribution >= 0.6 is 0 Å². The normalized spacial score (nSPS) is 10.0. The maximum absolute atomic E-state index is 5.03. The zero-order chi connectivity index (χ0) is 11.5. The number of hydrogen-bond donors (Lipinski definition) is 1. The van der Waals surface area contributed by atoms with Gasteiger partial charge in [-0.2, -0.15) is 0 Å². The van der Waals surface area contributed by atoms with Crippen molar-refractivity contribution in [3.05, 3.63) is 48.7 Å². The highest BCUT2D eigenvalue weighted by molar-refractivity contribution is 5.14. The van der Waals surface area contributed by atoms with E-state index in [0.29, 0.717) is 0 Å². The van der Waals surface area contributed by atoms with E-state index in [2.05, 4.69) is 42.2 Å². The molecule has 0 bridgehead atoms. The molecule has 0 fully saturated rings. The average molecular weight is 219 g/mol. The van der Waals surface area contributed by atoms with E-state index in [1.165, 1.54) is 18.2 Å². The molecule has 0 saturated carbocycles. The lowest BCUT2D eigenvalue weighted by Crippen LogP contribution is -2.18. The minimum absolute atomic E-state index is 0.759. The molecule has 1 aromatic carbocycles. The molecule has 0 spiro atoms. The molecule has 1 aromatic rings. The van der Waals surface area contributed by atoms with Crippen LogP contribution in [0.5, 0.6) is 0 Å². The Kier molecular flexibility index (Phi) is 7.18. The minimum atomic E-state index is 0.759. The summed E-state index contributed by atoms with van der Waals surface area (Å²) in [6.07, 6.45) is 4.87. The van der Waals surface area contributed by atoms with Crippen molar-refractivity contribution in [2.24, 2.45) is 0 Å². The van der Waals surface area contributed by atoms with E-state index >= 15 is 0 Å². The van der Waals surface area contributed by atoms with Crippen molar-refractivity contribution < 1.29 is 4.74 Å². The van der Waals surface area contributed by atoms with Gasteiger partial charge in [0, 0.05) is 0 Å². The standard InChI is InChI=1S/C14H21NO/c1-2-16-13-7-12-15-11-6-10-14-8-4-3-5-9-14/h2-5,8-9,15H,1,6-7,10-13H2. The Morgan fingerprint density at radius 3 is 2.62 bits per heavy atom. The largest absolute Gasteiger partial charge is 0.502 e. The summed E-state index contributed by atoms with van der Waals surface area (Å²) in [4.78, 5) is 0. The summed E-state index contributed by atoms with van der Waals surface area (Å²) in [5, 5.41) is 3.40. The first-order chi connectivity index (χ1) is 7.93. The molecule has 0 radical (unpaired) electrons. The van der Waals surface area contributed by atoms with Gasteiger partial charge in [0.15, 0.2) is 0 Å². The number of aryl methyl sites for hydroxylation is 1. The van der Waals surface area contributed by atoms with Gasteiger partial charge in [0.25, 0.3) is 0 Å². The zero-order valence-electron chi connectivity index (χ0n) is 9.82. The van der Waals surface area contributed by atoms with E-state index in [9.17, 15) is 0 Å². The molecule has 0 unspecified atom stereocenters. The fourth-order valence-corrected chi connectivity index (χ4v) is 1.55. The lowest BCUT2D eigenvalue weighted by Gasteiger charge is -2.04. The van der Waals surface area contributed by atoms with Gasteiger partial charge in [0.1, 0.15) is 0 Å². The van der Waals surface area contributed by atoms with Crippen molar-refractivity contribution in [3.8, 4) is 0 Å². The van der Waals surface area contributed by atoms with E-state index in [0.717, 1.165) is 32.5 Å². The monoisotopic (exact) mass is 219 g/mol. The molecule has 2 nitrogen and oxygen atoms in total. The Morgan fingerprint density at radius 2 is 1.88 bits per heavy atom. The maximum atomic E-state index is 5.03. The molecule has 0 aliphatic rings. The van der Waals surface area contributed by atoms with Gasteiger partial charge < -0.3 is 10.1 Å². The SMILES string of the molecule is C=COCCCNCCCc1ccccc1. The fourth-order valence-electron chi connectivity index (χ4n) is 1.55. The Morgan fingerprint density at radius 1 is 1.12 bits per heavy atom. The predicted molar refractivity (Wildman–Crippen MR) is 68.4 cm³/mol. The third-order valence-corrected chi connectivity index (χ3v) is 2.40. The number of benzene rings is 1. The lowest BCUT2D eigenvalue weighted by atomic mass is 10.1. The molecule has 2 heteroatoms. The summed E-state index contributed by atoms with van der Waals surface area (Å²) in [6, 6.07) is 10.6. The van der Waals surface area contributed by atoms with E-state index < -0.39 is 0 Å². The molecule has 0 aliphatic carbocycles. The smallest absolute Gasteiger partial charge is 0.0885 e. The summed E-state index contributed by atoms with van der Waals surface area (Å²) >= 11 is 0. The first-order valence-corrected chi connectivity index (χ1v) is 5.90. The van der Waals surface area contributed by atoms with Crippen LogP contribution in [0.3, 0.4) is 0 Å². The van der Waals surface area contributed by atoms with Crippen LogP contribution in [0.25, 0.3) is 0 Å². The van der Waals surface area contributed by atoms with Crippen LogP contribution in [0.4, 0.5) is 0 Å².